The number of alkyl halides is 3. The molecule has 6 heteroatoms. The van der Waals surface area contributed by atoms with E-state index in [1.54, 1.807) is 18.2 Å². The molecular formula is C16H12BrF3N2. The molecule has 0 saturated heterocycles. The van der Waals surface area contributed by atoms with E-state index in [4.69, 9.17) is 2.74 Å². The molecule has 1 heterocycles. The minimum absolute atomic E-state index is 0.0118. The predicted molar refractivity (Wildman–Crippen MR) is 81.2 cm³/mol. The van der Waals surface area contributed by atoms with Gasteiger partial charge in [0.25, 0.3) is 0 Å². The van der Waals surface area contributed by atoms with E-state index in [1.807, 2.05) is 0 Å². The fraction of sp³-hybridized carbons (Fsp3) is 0.188. The summed E-state index contributed by atoms with van der Waals surface area (Å²) < 4.78 is 56.4. The highest BCUT2D eigenvalue weighted by Gasteiger charge is 2.33. The first-order valence-electron chi connectivity index (χ1n) is 7.54. The smallest absolute Gasteiger partial charge is 0.353 e. The van der Waals surface area contributed by atoms with E-state index in [2.05, 4.69) is 20.9 Å². The average Bonchev–Trinajstić information content (AvgIpc) is 2.50. The maximum absolute atomic E-state index is 13.1. The summed E-state index contributed by atoms with van der Waals surface area (Å²) in [4.78, 5) is 5.40. The van der Waals surface area contributed by atoms with Crippen LogP contribution in [0, 0.1) is 0 Å². The first kappa shape index (κ1) is 12.7. The Bertz CT molecular complexity index is 899. The SMILES string of the molecule is [2H]C1=c2c(Br)cccc2=NC([2H])N1Cc1ccccc1C(F)(F)F. The largest absolute Gasteiger partial charge is 0.416 e. The van der Waals surface area contributed by atoms with E-state index >= 15 is 0 Å². The van der Waals surface area contributed by atoms with Crippen LogP contribution in [0.3, 0.4) is 0 Å². The van der Waals surface area contributed by atoms with Crippen LogP contribution >= 0.6 is 15.9 Å². The predicted octanol–water partition coefficient (Wildman–Crippen LogP) is 3.30. The van der Waals surface area contributed by atoms with Crippen LogP contribution in [0.25, 0.3) is 6.18 Å². The molecule has 1 unspecified atom stereocenters. The lowest BCUT2D eigenvalue weighted by atomic mass is 10.1. The van der Waals surface area contributed by atoms with E-state index in [0.717, 1.165) is 6.07 Å². The highest BCUT2D eigenvalue weighted by Crippen LogP contribution is 2.32. The zero-order chi connectivity index (χ0) is 17.5. The lowest BCUT2D eigenvalue weighted by Crippen LogP contribution is -2.36. The zero-order valence-corrected chi connectivity index (χ0v) is 12.8. The molecule has 22 heavy (non-hydrogen) atoms. The van der Waals surface area contributed by atoms with Crippen molar-refractivity contribution in [3.05, 3.63) is 68.6 Å². The van der Waals surface area contributed by atoms with Crippen LogP contribution in [-0.2, 0) is 12.7 Å². The summed E-state index contributed by atoms with van der Waals surface area (Å²) >= 11 is 3.33. The van der Waals surface area contributed by atoms with Gasteiger partial charge in [0.15, 0.2) is 0 Å². The topological polar surface area (TPSA) is 15.6 Å². The second-order valence-electron chi connectivity index (χ2n) is 4.77. The molecule has 114 valence electrons. The number of hydrogen-bond acceptors (Lipinski definition) is 2. The van der Waals surface area contributed by atoms with Gasteiger partial charge in [-0.3, -0.25) is 4.99 Å². The molecule has 0 N–H and O–H groups in total. The maximum atomic E-state index is 13.1. The van der Waals surface area contributed by atoms with Gasteiger partial charge in [0.1, 0.15) is 6.64 Å². The molecule has 0 saturated carbocycles. The molecule has 0 spiro atoms. The quantitative estimate of drug-likeness (QED) is 0.791. The van der Waals surface area contributed by atoms with Gasteiger partial charge in [-0.25, -0.2) is 0 Å². The van der Waals surface area contributed by atoms with Crippen molar-refractivity contribution in [1.82, 2.24) is 4.90 Å². The lowest BCUT2D eigenvalue weighted by molar-refractivity contribution is -0.138. The minimum atomic E-state index is -4.48. The van der Waals surface area contributed by atoms with Crippen LogP contribution in [0.15, 0.2) is 51.9 Å². The third kappa shape index (κ3) is 3.02. The number of rotatable bonds is 2. The number of halogens is 4. The van der Waals surface area contributed by atoms with Crippen molar-refractivity contribution < 1.29 is 15.9 Å². The molecule has 0 fully saturated rings. The van der Waals surface area contributed by atoms with Gasteiger partial charge in [0.2, 0.25) is 0 Å². The Morgan fingerprint density at radius 1 is 1.23 bits per heavy atom. The minimum Gasteiger partial charge on any atom is -0.353 e. The van der Waals surface area contributed by atoms with Crippen LogP contribution in [0.1, 0.15) is 13.9 Å². The summed E-state index contributed by atoms with van der Waals surface area (Å²) in [5.74, 6) is 0. The average molecular weight is 371 g/mol. The Labute approximate surface area is 136 Å². The van der Waals surface area contributed by atoms with Crippen molar-refractivity contribution in [3.8, 4) is 0 Å². The van der Waals surface area contributed by atoms with Gasteiger partial charge in [-0.15, -0.1) is 0 Å². The second kappa shape index (κ2) is 5.76. The van der Waals surface area contributed by atoms with Gasteiger partial charge in [0, 0.05) is 22.4 Å². The molecule has 1 atom stereocenters. The number of nitrogens with zero attached hydrogens (tertiary/aromatic N) is 2. The van der Waals surface area contributed by atoms with Gasteiger partial charge in [0.05, 0.1) is 13.7 Å². The summed E-state index contributed by atoms with van der Waals surface area (Å²) in [7, 11) is 0. The third-order valence-electron chi connectivity index (χ3n) is 3.25. The molecule has 0 aromatic heterocycles. The molecule has 3 rings (SSSR count). The van der Waals surface area contributed by atoms with Gasteiger partial charge < -0.3 is 4.90 Å². The maximum Gasteiger partial charge on any atom is 0.416 e. The molecule has 1 aliphatic rings. The van der Waals surface area contributed by atoms with Crippen LogP contribution in [0.2, 0.25) is 0 Å². The fourth-order valence-electron chi connectivity index (χ4n) is 2.23. The van der Waals surface area contributed by atoms with Crippen LogP contribution < -0.4 is 10.6 Å². The first-order valence-corrected chi connectivity index (χ1v) is 7.25. The Balaban J connectivity index is 2.08. The highest BCUT2D eigenvalue weighted by molar-refractivity contribution is 9.10. The van der Waals surface area contributed by atoms with Gasteiger partial charge in [-0.2, -0.15) is 13.2 Å². The van der Waals surface area contributed by atoms with Gasteiger partial charge in [-0.05, 0) is 23.8 Å². The third-order valence-corrected chi connectivity index (χ3v) is 3.91. The normalized spacial score (nSPS) is 19.2. The van der Waals surface area contributed by atoms with E-state index in [1.165, 1.54) is 23.1 Å². The van der Waals surface area contributed by atoms with Crippen molar-refractivity contribution in [2.24, 2.45) is 4.99 Å². The molecule has 2 aromatic rings. The van der Waals surface area contributed by atoms with Crippen LogP contribution in [0.5, 0.6) is 0 Å². The van der Waals surface area contributed by atoms with Crippen LogP contribution in [0.4, 0.5) is 13.2 Å². The monoisotopic (exact) mass is 370 g/mol. The first-order chi connectivity index (χ1) is 11.3. The summed E-state index contributed by atoms with van der Waals surface area (Å²) in [6.45, 7) is -1.38. The molecule has 0 bridgehead atoms. The van der Waals surface area contributed by atoms with Crippen molar-refractivity contribution in [3.63, 3.8) is 0 Å². The van der Waals surface area contributed by atoms with Gasteiger partial charge in [-0.1, -0.05) is 40.2 Å². The fourth-order valence-corrected chi connectivity index (χ4v) is 2.68. The number of benzene rings is 2. The Hall–Kier alpha value is -1.82. The molecule has 2 nitrogen and oxygen atoms in total. The lowest BCUT2D eigenvalue weighted by Gasteiger charge is -2.23. The summed E-state index contributed by atoms with van der Waals surface area (Å²) in [6.07, 6.45) is -4.51. The van der Waals surface area contributed by atoms with Gasteiger partial charge >= 0.3 is 6.18 Å². The van der Waals surface area contributed by atoms with E-state index < -0.39 is 18.4 Å². The molecule has 0 aliphatic carbocycles. The molecule has 2 aromatic carbocycles. The molecular weight excluding hydrogens is 357 g/mol. The standard InChI is InChI=1S/C16H12BrF3N2/c17-14-6-3-7-15-12(14)9-22(10-21-15)8-11-4-1-2-5-13(11)16(18,19)20/h1-7,9H,8,10H2/i9D,10D. The Morgan fingerprint density at radius 2 is 2.00 bits per heavy atom. The van der Waals surface area contributed by atoms with Crippen molar-refractivity contribution in [2.45, 2.75) is 12.7 Å². The van der Waals surface area contributed by atoms with Crippen molar-refractivity contribution >= 4 is 22.1 Å². The molecule has 0 radical (unpaired) electrons. The van der Waals surface area contributed by atoms with E-state index in [0.29, 0.717) is 15.0 Å². The van der Waals surface area contributed by atoms with Crippen molar-refractivity contribution in [2.75, 3.05) is 6.64 Å². The zero-order valence-electron chi connectivity index (χ0n) is 13.2. The molecule has 0 amide bonds. The van der Waals surface area contributed by atoms with Crippen LogP contribution in [-0.4, -0.2) is 11.5 Å². The number of hydrogen-bond donors (Lipinski definition) is 0. The Kier molecular flexibility index (Phi) is 3.32. The summed E-state index contributed by atoms with van der Waals surface area (Å²) in [6, 6.07) is 10.3. The van der Waals surface area contributed by atoms with E-state index in [-0.39, 0.29) is 18.3 Å². The van der Waals surface area contributed by atoms with Crippen molar-refractivity contribution in [1.29, 1.82) is 0 Å². The molecule has 1 aliphatic heterocycles. The Morgan fingerprint density at radius 3 is 2.77 bits per heavy atom. The highest BCUT2D eigenvalue weighted by atomic mass is 79.9. The second-order valence-corrected chi connectivity index (χ2v) is 5.63. The summed E-state index contributed by atoms with van der Waals surface area (Å²) in [5, 5.41) is 0.959. The number of fused-ring (bicyclic) bond motifs is 1. The summed E-state index contributed by atoms with van der Waals surface area (Å²) in [5.41, 5.74) is -0.749. The van der Waals surface area contributed by atoms with E-state index in [9.17, 15) is 13.2 Å².